The summed E-state index contributed by atoms with van der Waals surface area (Å²) in [5.74, 6) is -3.78. The predicted octanol–water partition coefficient (Wildman–Crippen LogP) is 4.22. The summed E-state index contributed by atoms with van der Waals surface area (Å²) in [6, 6.07) is 13.0. The molecule has 0 saturated heterocycles. The van der Waals surface area contributed by atoms with Crippen LogP contribution in [0.1, 0.15) is 15.9 Å². The lowest BCUT2D eigenvalue weighted by atomic mass is 10.2. The van der Waals surface area contributed by atoms with E-state index in [0.717, 1.165) is 30.0 Å². The molecule has 1 aromatic heterocycles. The minimum absolute atomic E-state index is 0.0693. The summed E-state index contributed by atoms with van der Waals surface area (Å²) in [6.45, 7) is 0.223. The zero-order chi connectivity index (χ0) is 18.5. The Kier molecular flexibility index (Phi) is 5.17. The van der Waals surface area contributed by atoms with Crippen LogP contribution in [0.25, 0.3) is 0 Å². The Morgan fingerprint density at radius 2 is 1.77 bits per heavy atom. The minimum atomic E-state index is -1.11. The number of nitrogens with zero attached hydrogens (tertiary/aromatic N) is 1. The average Bonchev–Trinajstić information content (AvgIpc) is 2.65. The molecule has 0 aliphatic carbocycles. The van der Waals surface area contributed by atoms with Gasteiger partial charge in [-0.1, -0.05) is 30.3 Å². The Morgan fingerprint density at radius 1 is 1.00 bits per heavy atom. The second-order valence-corrected chi connectivity index (χ2v) is 5.35. The van der Waals surface area contributed by atoms with Crippen molar-refractivity contribution in [3.05, 3.63) is 89.4 Å². The Bertz CT molecular complexity index is 933. The lowest BCUT2D eigenvalue weighted by Gasteiger charge is -2.11. The van der Waals surface area contributed by atoms with Crippen molar-refractivity contribution in [2.45, 2.75) is 6.54 Å². The number of benzene rings is 2. The van der Waals surface area contributed by atoms with Crippen LogP contribution in [0.15, 0.2) is 60.8 Å². The van der Waals surface area contributed by atoms with E-state index in [1.54, 1.807) is 0 Å². The number of carbonyl (C=O) groups is 1. The van der Waals surface area contributed by atoms with Crippen molar-refractivity contribution in [2.75, 3.05) is 0 Å². The van der Waals surface area contributed by atoms with Crippen molar-refractivity contribution < 1.29 is 22.7 Å². The monoisotopic (exact) mass is 358 g/mol. The minimum Gasteiger partial charge on any atom is -0.438 e. The molecular weight excluding hydrogens is 345 g/mol. The number of nitrogens with one attached hydrogen (secondary N) is 1. The van der Waals surface area contributed by atoms with E-state index in [1.807, 2.05) is 30.3 Å². The molecule has 1 amide bonds. The molecule has 0 radical (unpaired) electrons. The number of hydrogen-bond donors (Lipinski definition) is 1. The fraction of sp³-hybridized carbons (Fsp3) is 0.0526. The van der Waals surface area contributed by atoms with Crippen LogP contribution in [0.3, 0.4) is 0 Å². The molecule has 0 saturated carbocycles. The van der Waals surface area contributed by atoms with Crippen LogP contribution in [-0.2, 0) is 6.54 Å². The van der Waals surface area contributed by atoms with Crippen molar-refractivity contribution in [2.24, 2.45) is 0 Å². The topological polar surface area (TPSA) is 51.2 Å². The lowest BCUT2D eigenvalue weighted by molar-refractivity contribution is 0.0947. The summed E-state index contributed by atoms with van der Waals surface area (Å²) >= 11 is 0. The van der Waals surface area contributed by atoms with Crippen molar-refractivity contribution in [1.29, 1.82) is 0 Å². The molecule has 1 N–H and O–H groups in total. The standard InChI is InChI=1S/C19H13F3N2O2/c20-13-8-15(18(25)23-10-12-4-2-1-3-5-12)19(24-11-13)26-14-6-7-16(21)17(22)9-14/h1-9,11H,10H2,(H,23,25). The van der Waals surface area contributed by atoms with Crippen LogP contribution in [0.2, 0.25) is 0 Å². The lowest BCUT2D eigenvalue weighted by Crippen LogP contribution is -2.23. The third-order valence-electron chi connectivity index (χ3n) is 3.46. The number of hydrogen-bond acceptors (Lipinski definition) is 3. The smallest absolute Gasteiger partial charge is 0.257 e. The van der Waals surface area contributed by atoms with Gasteiger partial charge < -0.3 is 10.1 Å². The Morgan fingerprint density at radius 3 is 2.50 bits per heavy atom. The van der Waals surface area contributed by atoms with Crippen LogP contribution in [-0.4, -0.2) is 10.9 Å². The van der Waals surface area contributed by atoms with Gasteiger partial charge in [-0.2, -0.15) is 0 Å². The molecule has 0 spiro atoms. The summed E-state index contributed by atoms with van der Waals surface area (Å²) in [5, 5.41) is 2.63. The molecule has 0 fully saturated rings. The Balaban J connectivity index is 1.80. The Labute approximate surface area is 147 Å². The molecule has 3 rings (SSSR count). The molecule has 132 valence electrons. The molecule has 0 aliphatic rings. The fourth-order valence-electron chi connectivity index (χ4n) is 2.20. The third-order valence-corrected chi connectivity index (χ3v) is 3.46. The molecule has 4 nitrogen and oxygen atoms in total. The van der Waals surface area contributed by atoms with Gasteiger partial charge in [0.25, 0.3) is 5.91 Å². The molecule has 2 aromatic carbocycles. The summed E-state index contributed by atoms with van der Waals surface area (Å²) in [4.78, 5) is 16.1. The van der Waals surface area contributed by atoms with Gasteiger partial charge in [0.15, 0.2) is 11.6 Å². The van der Waals surface area contributed by atoms with Gasteiger partial charge in [0.1, 0.15) is 17.1 Å². The van der Waals surface area contributed by atoms with E-state index in [2.05, 4.69) is 10.3 Å². The maximum absolute atomic E-state index is 13.5. The fourth-order valence-corrected chi connectivity index (χ4v) is 2.20. The largest absolute Gasteiger partial charge is 0.438 e. The SMILES string of the molecule is O=C(NCc1ccccc1)c1cc(F)cnc1Oc1ccc(F)c(F)c1. The van der Waals surface area contributed by atoms with Crippen LogP contribution in [0, 0.1) is 17.5 Å². The number of rotatable bonds is 5. The van der Waals surface area contributed by atoms with Crippen LogP contribution >= 0.6 is 0 Å². The highest BCUT2D eigenvalue weighted by Crippen LogP contribution is 2.25. The van der Waals surface area contributed by atoms with Crippen LogP contribution in [0.5, 0.6) is 11.6 Å². The number of carbonyl (C=O) groups excluding carboxylic acids is 1. The van der Waals surface area contributed by atoms with Crippen molar-refractivity contribution in [1.82, 2.24) is 10.3 Å². The molecule has 0 atom stereocenters. The van der Waals surface area contributed by atoms with Gasteiger partial charge in [0.05, 0.1) is 6.20 Å². The quantitative estimate of drug-likeness (QED) is 0.743. The van der Waals surface area contributed by atoms with E-state index in [0.29, 0.717) is 0 Å². The van der Waals surface area contributed by atoms with Gasteiger partial charge in [-0.05, 0) is 23.8 Å². The highest BCUT2D eigenvalue weighted by molar-refractivity contribution is 5.96. The molecule has 7 heteroatoms. The van der Waals surface area contributed by atoms with Gasteiger partial charge in [0, 0.05) is 12.6 Å². The number of ether oxygens (including phenoxy) is 1. The maximum Gasteiger partial charge on any atom is 0.257 e. The van der Waals surface area contributed by atoms with Crippen LogP contribution < -0.4 is 10.1 Å². The molecule has 0 bridgehead atoms. The molecule has 0 unspecified atom stereocenters. The van der Waals surface area contributed by atoms with Gasteiger partial charge in [-0.15, -0.1) is 0 Å². The molecule has 1 heterocycles. The average molecular weight is 358 g/mol. The highest BCUT2D eigenvalue weighted by Gasteiger charge is 2.17. The second kappa shape index (κ2) is 7.69. The van der Waals surface area contributed by atoms with Crippen LogP contribution in [0.4, 0.5) is 13.2 Å². The molecule has 26 heavy (non-hydrogen) atoms. The second-order valence-electron chi connectivity index (χ2n) is 5.35. The van der Waals surface area contributed by atoms with E-state index < -0.39 is 23.4 Å². The van der Waals surface area contributed by atoms with E-state index in [4.69, 9.17) is 4.74 Å². The van der Waals surface area contributed by atoms with E-state index >= 15 is 0 Å². The first-order valence-corrected chi connectivity index (χ1v) is 7.63. The Hall–Kier alpha value is -3.35. The first-order valence-electron chi connectivity index (χ1n) is 7.63. The van der Waals surface area contributed by atoms with Gasteiger partial charge >= 0.3 is 0 Å². The molecular formula is C19H13F3N2O2. The molecule has 3 aromatic rings. The van der Waals surface area contributed by atoms with Crippen molar-refractivity contribution >= 4 is 5.91 Å². The summed E-state index contributed by atoms with van der Waals surface area (Å²) in [5.41, 5.74) is 0.693. The predicted molar refractivity (Wildman–Crippen MR) is 88.2 cm³/mol. The van der Waals surface area contributed by atoms with Crippen molar-refractivity contribution in [3.63, 3.8) is 0 Å². The first-order chi connectivity index (χ1) is 12.5. The number of halogens is 3. The zero-order valence-corrected chi connectivity index (χ0v) is 13.4. The number of amides is 1. The summed E-state index contributed by atoms with van der Waals surface area (Å²) in [6.07, 6.45) is 0.864. The zero-order valence-electron chi connectivity index (χ0n) is 13.4. The van der Waals surface area contributed by atoms with Gasteiger partial charge in [0.2, 0.25) is 5.88 Å². The van der Waals surface area contributed by atoms with E-state index in [1.165, 1.54) is 6.07 Å². The first kappa shape index (κ1) is 17.5. The van der Waals surface area contributed by atoms with E-state index in [9.17, 15) is 18.0 Å². The van der Waals surface area contributed by atoms with Gasteiger partial charge in [-0.25, -0.2) is 18.2 Å². The normalized spacial score (nSPS) is 10.4. The van der Waals surface area contributed by atoms with E-state index in [-0.39, 0.29) is 23.7 Å². The third kappa shape index (κ3) is 4.18. The number of pyridine rings is 1. The summed E-state index contributed by atoms with van der Waals surface area (Å²) < 4.78 is 45.1. The number of aromatic nitrogens is 1. The maximum atomic E-state index is 13.5. The van der Waals surface area contributed by atoms with Crippen molar-refractivity contribution in [3.8, 4) is 11.6 Å². The van der Waals surface area contributed by atoms with Gasteiger partial charge in [-0.3, -0.25) is 4.79 Å². The molecule has 0 aliphatic heterocycles. The highest BCUT2D eigenvalue weighted by atomic mass is 19.2. The summed E-state index contributed by atoms with van der Waals surface area (Å²) in [7, 11) is 0.